The molecule has 0 aliphatic carbocycles. The zero-order chi connectivity index (χ0) is 22.0. The first-order valence-corrected chi connectivity index (χ1v) is 8.62. The minimum atomic E-state index is -0.695. The lowest BCUT2D eigenvalue weighted by molar-refractivity contribution is -0.393. The van der Waals surface area contributed by atoms with E-state index in [0.29, 0.717) is 28.1 Å². The Morgan fingerprint density at radius 2 is 1.47 bits per heavy atom. The molecule has 4 N–H and O–H groups in total. The first kappa shape index (κ1) is 20.4. The second-order valence-electron chi connectivity index (χ2n) is 6.28. The summed E-state index contributed by atoms with van der Waals surface area (Å²) in [4.78, 5) is 21.4. The van der Waals surface area contributed by atoms with E-state index < -0.39 is 21.2 Å². The number of non-ortho nitro benzene ring substituents is 1. The van der Waals surface area contributed by atoms with Gasteiger partial charge in [0.05, 0.1) is 47.1 Å². The molecule has 0 aliphatic rings. The zero-order valence-corrected chi connectivity index (χ0v) is 16.1. The highest BCUT2D eigenvalue weighted by Gasteiger charge is 2.26. The molecule has 0 atom stereocenters. The first-order chi connectivity index (χ1) is 14.3. The summed E-state index contributed by atoms with van der Waals surface area (Å²) < 4.78 is 10.7. The number of nitrogens with zero attached hydrogens (tertiary/aromatic N) is 2. The number of hydrogen-bond acceptors (Lipinski definition) is 8. The summed E-state index contributed by atoms with van der Waals surface area (Å²) >= 11 is 0. The number of nitrogen functional groups attached to an aromatic ring is 2. The highest BCUT2D eigenvalue weighted by atomic mass is 16.6. The summed E-state index contributed by atoms with van der Waals surface area (Å²) in [5, 5.41) is 22.8. The van der Waals surface area contributed by atoms with Crippen LogP contribution in [0.25, 0.3) is 22.3 Å². The molecule has 3 aromatic carbocycles. The van der Waals surface area contributed by atoms with Gasteiger partial charge in [0.2, 0.25) is 0 Å². The lowest BCUT2D eigenvalue weighted by Gasteiger charge is -2.17. The van der Waals surface area contributed by atoms with Crippen molar-refractivity contribution in [2.75, 3.05) is 25.7 Å². The Bertz CT molecular complexity index is 1160. The molecule has 10 heteroatoms. The van der Waals surface area contributed by atoms with Crippen LogP contribution in [0.3, 0.4) is 0 Å². The van der Waals surface area contributed by atoms with Gasteiger partial charge in [-0.05, 0) is 35.4 Å². The van der Waals surface area contributed by atoms with Gasteiger partial charge in [0, 0.05) is 11.6 Å². The number of rotatable bonds is 6. The predicted molar refractivity (Wildman–Crippen MR) is 113 cm³/mol. The molecule has 3 rings (SSSR count). The molecule has 0 saturated heterocycles. The number of nitrogens with two attached hydrogens (primary N) is 2. The highest BCUT2D eigenvalue weighted by Crippen LogP contribution is 2.47. The number of ether oxygens (including phenoxy) is 2. The van der Waals surface area contributed by atoms with E-state index in [1.165, 1.54) is 26.4 Å². The normalized spacial score (nSPS) is 10.5. The maximum Gasteiger partial charge on any atom is 0.284 e. The number of anilines is 2. The first-order valence-electron chi connectivity index (χ1n) is 8.62. The van der Waals surface area contributed by atoms with Crippen molar-refractivity contribution < 1.29 is 19.3 Å². The molecular weight excluding hydrogens is 392 g/mol. The minimum absolute atomic E-state index is 0.126. The zero-order valence-electron chi connectivity index (χ0n) is 16.1. The van der Waals surface area contributed by atoms with Crippen LogP contribution in [0.2, 0.25) is 0 Å². The van der Waals surface area contributed by atoms with Crippen molar-refractivity contribution >= 4 is 22.7 Å². The molecule has 0 fully saturated rings. The third-order valence-corrected chi connectivity index (χ3v) is 4.59. The maximum absolute atomic E-state index is 11.7. The van der Waals surface area contributed by atoms with Crippen LogP contribution in [0, 0.1) is 20.2 Å². The second kappa shape index (κ2) is 7.95. The van der Waals surface area contributed by atoms with Crippen LogP contribution in [0.4, 0.5) is 22.7 Å². The molecule has 0 aliphatic heterocycles. The van der Waals surface area contributed by atoms with Gasteiger partial charge in [-0.15, -0.1) is 0 Å². The van der Waals surface area contributed by atoms with Crippen LogP contribution >= 0.6 is 0 Å². The summed E-state index contributed by atoms with van der Waals surface area (Å²) in [6.45, 7) is 0. The smallest absolute Gasteiger partial charge is 0.284 e. The van der Waals surface area contributed by atoms with Crippen molar-refractivity contribution in [1.29, 1.82) is 0 Å². The monoisotopic (exact) mass is 410 g/mol. The van der Waals surface area contributed by atoms with Crippen molar-refractivity contribution in [2.45, 2.75) is 0 Å². The third kappa shape index (κ3) is 3.53. The fourth-order valence-corrected chi connectivity index (χ4v) is 3.20. The maximum atomic E-state index is 11.7. The van der Waals surface area contributed by atoms with Gasteiger partial charge in [-0.2, -0.15) is 0 Å². The number of nitro benzene ring substituents is 2. The predicted octanol–water partition coefficient (Wildman–Crippen LogP) is 4.02. The molecule has 0 saturated carbocycles. The molecule has 3 aromatic rings. The van der Waals surface area contributed by atoms with Gasteiger partial charge in [0.1, 0.15) is 11.5 Å². The van der Waals surface area contributed by atoms with Crippen molar-refractivity contribution in [3.63, 3.8) is 0 Å². The molecule has 0 bridgehead atoms. The van der Waals surface area contributed by atoms with Crippen LogP contribution in [-0.2, 0) is 0 Å². The standard InChI is InChI=1S/C20H18N4O6/c1-29-18-9-11(3-7-15(18)21)13-6-8-16(22)20(30-2)19(13)14-5-4-12(23(25)26)10-17(14)24(27)28/h3-10H,21-22H2,1-2H3. The fraction of sp³-hybridized carbons (Fsp3) is 0.100. The highest BCUT2D eigenvalue weighted by molar-refractivity contribution is 5.95. The van der Waals surface area contributed by atoms with E-state index in [1.54, 1.807) is 30.3 Å². The van der Waals surface area contributed by atoms with E-state index in [9.17, 15) is 20.2 Å². The van der Waals surface area contributed by atoms with E-state index in [2.05, 4.69) is 0 Å². The number of benzene rings is 3. The Hall–Kier alpha value is -4.34. The van der Waals surface area contributed by atoms with Gasteiger partial charge in [-0.1, -0.05) is 12.1 Å². The van der Waals surface area contributed by atoms with E-state index in [0.717, 1.165) is 6.07 Å². The van der Waals surface area contributed by atoms with E-state index in [4.69, 9.17) is 20.9 Å². The Morgan fingerprint density at radius 1 is 0.800 bits per heavy atom. The molecule has 30 heavy (non-hydrogen) atoms. The molecule has 0 radical (unpaired) electrons. The quantitative estimate of drug-likeness (QED) is 0.350. The van der Waals surface area contributed by atoms with E-state index in [1.807, 2.05) is 0 Å². The van der Waals surface area contributed by atoms with Crippen LogP contribution < -0.4 is 20.9 Å². The molecule has 0 spiro atoms. The Balaban J connectivity index is 2.39. The van der Waals surface area contributed by atoms with Crippen LogP contribution in [0.1, 0.15) is 0 Å². The topological polar surface area (TPSA) is 157 Å². The molecule has 0 heterocycles. The summed E-state index contributed by atoms with van der Waals surface area (Å²) in [6, 6.07) is 11.8. The van der Waals surface area contributed by atoms with Gasteiger partial charge in [-0.3, -0.25) is 20.2 Å². The lowest BCUT2D eigenvalue weighted by Crippen LogP contribution is -2.01. The molecular formula is C20H18N4O6. The largest absolute Gasteiger partial charge is 0.495 e. The van der Waals surface area contributed by atoms with Crippen LogP contribution in [0.5, 0.6) is 11.5 Å². The number of hydrogen-bond donors (Lipinski definition) is 2. The van der Waals surface area contributed by atoms with Crippen LogP contribution in [0.15, 0.2) is 48.5 Å². The third-order valence-electron chi connectivity index (χ3n) is 4.59. The average Bonchev–Trinajstić information content (AvgIpc) is 2.73. The van der Waals surface area contributed by atoms with Gasteiger partial charge in [-0.25, -0.2) is 0 Å². The Labute approximate surface area is 170 Å². The Morgan fingerprint density at radius 3 is 2.07 bits per heavy atom. The summed E-state index contributed by atoms with van der Waals surface area (Å²) in [5.41, 5.74) is 13.4. The molecule has 154 valence electrons. The SMILES string of the molecule is COc1cc(-c2ccc(N)c(OC)c2-c2ccc([N+](=O)[O-])cc2[N+](=O)[O-])ccc1N. The molecule has 0 aromatic heterocycles. The average molecular weight is 410 g/mol. The van der Waals surface area contributed by atoms with Crippen LogP contribution in [-0.4, -0.2) is 24.1 Å². The van der Waals surface area contributed by atoms with Gasteiger partial charge < -0.3 is 20.9 Å². The number of nitro groups is 2. The summed E-state index contributed by atoms with van der Waals surface area (Å²) in [6.07, 6.45) is 0. The van der Waals surface area contributed by atoms with Gasteiger partial charge >= 0.3 is 0 Å². The summed E-state index contributed by atoms with van der Waals surface area (Å²) in [5.74, 6) is 0.632. The summed E-state index contributed by atoms with van der Waals surface area (Å²) in [7, 11) is 2.86. The van der Waals surface area contributed by atoms with Crippen molar-refractivity contribution in [3.05, 3.63) is 68.8 Å². The fourth-order valence-electron chi connectivity index (χ4n) is 3.20. The minimum Gasteiger partial charge on any atom is -0.495 e. The van der Waals surface area contributed by atoms with Crippen molar-refractivity contribution in [3.8, 4) is 33.8 Å². The molecule has 0 unspecified atom stereocenters. The lowest BCUT2D eigenvalue weighted by atomic mass is 9.91. The van der Waals surface area contributed by atoms with Crippen molar-refractivity contribution in [1.82, 2.24) is 0 Å². The Kier molecular flexibility index (Phi) is 5.41. The van der Waals surface area contributed by atoms with E-state index >= 15 is 0 Å². The molecule has 10 nitrogen and oxygen atoms in total. The van der Waals surface area contributed by atoms with E-state index in [-0.39, 0.29) is 17.0 Å². The second-order valence-corrected chi connectivity index (χ2v) is 6.28. The van der Waals surface area contributed by atoms with Crippen molar-refractivity contribution in [2.24, 2.45) is 0 Å². The number of methoxy groups -OCH3 is 2. The molecule has 0 amide bonds. The van der Waals surface area contributed by atoms with Gasteiger partial charge in [0.25, 0.3) is 11.4 Å². The van der Waals surface area contributed by atoms with Gasteiger partial charge in [0.15, 0.2) is 0 Å².